The largest absolute Gasteiger partial charge is 0.497 e. The van der Waals surface area contributed by atoms with Crippen molar-refractivity contribution in [3.63, 3.8) is 0 Å². The highest BCUT2D eigenvalue weighted by molar-refractivity contribution is 7.89. The fraction of sp³-hybridized carbons (Fsp3) is 0.571. The number of benzene rings is 1. The summed E-state index contributed by atoms with van der Waals surface area (Å²) in [5.41, 5.74) is 0. The van der Waals surface area contributed by atoms with Gasteiger partial charge in [0.15, 0.2) is 0 Å². The third-order valence-corrected chi connectivity index (χ3v) is 6.48. The maximum atomic E-state index is 12.5. The molecule has 24 heavy (non-hydrogen) atoms. The van der Waals surface area contributed by atoms with Crippen molar-refractivity contribution in [1.29, 1.82) is 0 Å². The number of rotatable bonds is 9. The van der Waals surface area contributed by atoms with E-state index in [9.17, 15) is 16.8 Å². The Bertz CT molecular complexity index is 787. The highest BCUT2D eigenvalue weighted by Gasteiger charge is 2.34. The van der Waals surface area contributed by atoms with Gasteiger partial charge in [-0.25, -0.2) is 21.6 Å². The third-order valence-electron chi connectivity index (χ3n) is 3.66. The number of ether oxygens (including phenoxy) is 2. The Morgan fingerprint density at radius 3 is 2.33 bits per heavy atom. The first-order valence-electron chi connectivity index (χ1n) is 7.37. The van der Waals surface area contributed by atoms with Gasteiger partial charge in [-0.05, 0) is 25.0 Å². The van der Waals surface area contributed by atoms with Crippen LogP contribution in [0.2, 0.25) is 0 Å². The molecule has 0 radical (unpaired) electrons. The standard InChI is InChI=1S/C14H22N2O6S2/c1-21-12-6-7-13(22-2)14(10-12)24(19,20)15-8-9-16(11-4-5-11)23(3,17)18/h6-7,10-11,15H,4-5,8-9H2,1-3H3. The second kappa shape index (κ2) is 7.26. The van der Waals surface area contributed by atoms with E-state index in [-0.39, 0.29) is 29.8 Å². The molecule has 1 aliphatic rings. The second-order valence-electron chi connectivity index (χ2n) is 5.52. The summed E-state index contributed by atoms with van der Waals surface area (Å²) in [5, 5.41) is 0. The lowest BCUT2D eigenvalue weighted by Crippen LogP contribution is -2.39. The van der Waals surface area contributed by atoms with Gasteiger partial charge in [0.1, 0.15) is 16.4 Å². The van der Waals surface area contributed by atoms with Crippen molar-refractivity contribution in [1.82, 2.24) is 9.03 Å². The normalized spacial score (nSPS) is 15.5. The van der Waals surface area contributed by atoms with E-state index < -0.39 is 20.0 Å². The molecule has 8 nitrogen and oxygen atoms in total. The second-order valence-corrected chi connectivity index (χ2v) is 9.19. The van der Waals surface area contributed by atoms with Crippen LogP contribution in [0.15, 0.2) is 23.1 Å². The van der Waals surface area contributed by atoms with Gasteiger partial charge in [-0.2, -0.15) is 4.31 Å². The molecule has 0 aromatic heterocycles. The third kappa shape index (κ3) is 4.59. The molecule has 1 aromatic carbocycles. The Balaban J connectivity index is 2.11. The molecule has 0 atom stereocenters. The van der Waals surface area contributed by atoms with Gasteiger partial charge >= 0.3 is 0 Å². The molecular weight excluding hydrogens is 356 g/mol. The lowest BCUT2D eigenvalue weighted by molar-refractivity contribution is 0.391. The molecular formula is C14H22N2O6S2. The van der Waals surface area contributed by atoms with E-state index in [1.165, 1.54) is 30.7 Å². The van der Waals surface area contributed by atoms with Crippen molar-refractivity contribution in [2.45, 2.75) is 23.8 Å². The zero-order valence-electron chi connectivity index (χ0n) is 13.9. The minimum Gasteiger partial charge on any atom is -0.497 e. The molecule has 0 spiro atoms. The monoisotopic (exact) mass is 378 g/mol. The average molecular weight is 378 g/mol. The Morgan fingerprint density at radius 2 is 1.83 bits per heavy atom. The topological polar surface area (TPSA) is 102 Å². The molecule has 1 saturated carbocycles. The van der Waals surface area contributed by atoms with Crippen LogP contribution in [0.1, 0.15) is 12.8 Å². The first-order valence-corrected chi connectivity index (χ1v) is 10.7. The highest BCUT2D eigenvalue weighted by atomic mass is 32.2. The fourth-order valence-electron chi connectivity index (χ4n) is 2.34. The van der Waals surface area contributed by atoms with Gasteiger partial charge in [0.05, 0.1) is 20.5 Å². The first kappa shape index (κ1) is 19.0. The first-order chi connectivity index (χ1) is 11.2. The molecule has 0 unspecified atom stereocenters. The molecule has 1 fully saturated rings. The molecule has 0 aliphatic heterocycles. The highest BCUT2D eigenvalue weighted by Crippen LogP contribution is 2.29. The molecule has 0 bridgehead atoms. The summed E-state index contributed by atoms with van der Waals surface area (Å²) in [6.45, 7) is 0.0707. The van der Waals surface area contributed by atoms with Crippen molar-refractivity contribution < 1.29 is 26.3 Å². The molecule has 1 N–H and O–H groups in total. The Labute approximate surface area is 142 Å². The summed E-state index contributed by atoms with van der Waals surface area (Å²) in [4.78, 5) is -0.0540. The SMILES string of the molecule is COc1ccc(OC)c(S(=O)(=O)NCCN(C2CC2)S(C)(=O)=O)c1. The summed E-state index contributed by atoms with van der Waals surface area (Å²) in [5.74, 6) is 0.567. The molecule has 1 aliphatic carbocycles. The van der Waals surface area contributed by atoms with Gasteiger partial charge in [-0.3, -0.25) is 0 Å². The molecule has 0 saturated heterocycles. The van der Waals surface area contributed by atoms with E-state index in [0.717, 1.165) is 19.1 Å². The molecule has 10 heteroatoms. The van der Waals surface area contributed by atoms with Crippen LogP contribution >= 0.6 is 0 Å². The van der Waals surface area contributed by atoms with E-state index in [1.807, 2.05) is 0 Å². The number of hydrogen-bond donors (Lipinski definition) is 1. The molecule has 0 heterocycles. The van der Waals surface area contributed by atoms with Crippen LogP contribution < -0.4 is 14.2 Å². The number of nitrogens with one attached hydrogen (secondary N) is 1. The van der Waals surface area contributed by atoms with Crippen LogP contribution in [0, 0.1) is 0 Å². The van der Waals surface area contributed by atoms with Crippen molar-refractivity contribution in [2.75, 3.05) is 33.6 Å². The molecule has 2 rings (SSSR count). The quantitative estimate of drug-likeness (QED) is 0.668. The number of sulfonamides is 2. The van der Waals surface area contributed by atoms with Crippen LogP contribution in [0.4, 0.5) is 0 Å². The van der Waals surface area contributed by atoms with Crippen LogP contribution in [-0.4, -0.2) is 60.7 Å². The van der Waals surface area contributed by atoms with Gasteiger partial charge in [-0.15, -0.1) is 0 Å². The van der Waals surface area contributed by atoms with Gasteiger partial charge in [0, 0.05) is 25.2 Å². The van der Waals surface area contributed by atoms with Gasteiger partial charge in [-0.1, -0.05) is 0 Å². The van der Waals surface area contributed by atoms with Crippen molar-refractivity contribution in [2.24, 2.45) is 0 Å². The summed E-state index contributed by atoms with van der Waals surface area (Å²) in [7, 11) is -4.40. The van der Waals surface area contributed by atoms with Crippen molar-refractivity contribution >= 4 is 20.0 Å². The predicted octanol–water partition coefficient (Wildman–Crippen LogP) is 0.406. The minimum atomic E-state index is -3.86. The summed E-state index contributed by atoms with van der Waals surface area (Å²) in [6.07, 6.45) is 2.75. The average Bonchev–Trinajstić information content (AvgIpc) is 3.34. The van der Waals surface area contributed by atoms with Crippen LogP contribution in [0.3, 0.4) is 0 Å². The number of nitrogens with zero attached hydrogens (tertiary/aromatic N) is 1. The minimum absolute atomic E-state index is 0.0177. The van der Waals surface area contributed by atoms with E-state index in [0.29, 0.717) is 5.75 Å². The number of methoxy groups -OCH3 is 2. The smallest absolute Gasteiger partial charge is 0.244 e. The van der Waals surface area contributed by atoms with Crippen molar-refractivity contribution in [3.8, 4) is 11.5 Å². The molecule has 0 amide bonds. The molecule has 136 valence electrons. The van der Waals surface area contributed by atoms with E-state index in [2.05, 4.69) is 4.72 Å². The van der Waals surface area contributed by atoms with Crippen LogP contribution in [-0.2, 0) is 20.0 Å². The van der Waals surface area contributed by atoms with Gasteiger partial charge < -0.3 is 9.47 Å². The zero-order chi connectivity index (χ0) is 18.0. The summed E-state index contributed by atoms with van der Waals surface area (Å²) in [6, 6.07) is 4.43. The lowest BCUT2D eigenvalue weighted by Gasteiger charge is -2.19. The van der Waals surface area contributed by atoms with E-state index in [1.54, 1.807) is 6.07 Å². The van der Waals surface area contributed by atoms with E-state index in [4.69, 9.17) is 9.47 Å². The van der Waals surface area contributed by atoms with Gasteiger partial charge in [0.2, 0.25) is 20.0 Å². The number of hydrogen-bond acceptors (Lipinski definition) is 6. The fourth-order valence-corrected chi connectivity index (χ4v) is 4.72. The van der Waals surface area contributed by atoms with Crippen molar-refractivity contribution in [3.05, 3.63) is 18.2 Å². The zero-order valence-corrected chi connectivity index (χ0v) is 15.5. The Kier molecular flexibility index (Phi) is 5.74. The van der Waals surface area contributed by atoms with Gasteiger partial charge in [0.25, 0.3) is 0 Å². The maximum Gasteiger partial charge on any atom is 0.244 e. The Morgan fingerprint density at radius 1 is 1.17 bits per heavy atom. The lowest BCUT2D eigenvalue weighted by atomic mass is 10.3. The summed E-state index contributed by atoms with van der Waals surface area (Å²) >= 11 is 0. The Hall–Kier alpha value is -1.36. The summed E-state index contributed by atoms with van der Waals surface area (Å²) < 4.78 is 62.3. The van der Waals surface area contributed by atoms with E-state index >= 15 is 0 Å². The molecule has 1 aromatic rings. The van der Waals surface area contributed by atoms with Crippen LogP contribution in [0.5, 0.6) is 11.5 Å². The van der Waals surface area contributed by atoms with Crippen LogP contribution in [0.25, 0.3) is 0 Å². The predicted molar refractivity (Wildman–Crippen MR) is 89.3 cm³/mol. The maximum absolute atomic E-state index is 12.5.